The maximum Gasteiger partial charge on any atom is 0.271 e. The molecule has 1 N–H and O–H groups in total. The number of rotatable bonds is 5. The summed E-state index contributed by atoms with van der Waals surface area (Å²) in [4.78, 5) is 21.2. The lowest BCUT2D eigenvalue weighted by atomic mass is 10.3. The van der Waals surface area contributed by atoms with Crippen molar-refractivity contribution in [1.82, 2.24) is 29.7 Å². The zero-order chi connectivity index (χ0) is 16.2. The number of hydrogen-bond donors (Lipinski definition) is 1. The van der Waals surface area contributed by atoms with Crippen LogP contribution in [0.2, 0.25) is 5.15 Å². The lowest BCUT2D eigenvalue weighted by molar-refractivity contribution is 0.0933. The Kier molecular flexibility index (Phi) is 5.09. The molecule has 23 heavy (non-hydrogen) atoms. The summed E-state index contributed by atoms with van der Waals surface area (Å²) in [6, 6.07) is 3.39. The number of piperazine rings is 1. The average Bonchev–Trinajstić information content (AvgIpc) is 2.98. The van der Waals surface area contributed by atoms with E-state index in [1.165, 1.54) is 4.52 Å². The molecule has 3 rings (SSSR count). The molecule has 3 heterocycles. The number of aromatic nitrogens is 3. The van der Waals surface area contributed by atoms with Gasteiger partial charge in [0.2, 0.25) is 0 Å². The second-order valence-electron chi connectivity index (χ2n) is 5.62. The lowest BCUT2D eigenvalue weighted by Crippen LogP contribution is -2.48. The van der Waals surface area contributed by atoms with Gasteiger partial charge in [-0.25, -0.2) is 9.50 Å². The number of fused-ring (bicyclic) bond motifs is 1. The number of likely N-dealkylation sites (N-methyl/N-ethyl adjacent to an activating group) is 1. The molecule has 0 aliphatic carbocycles. The molecule has 0 saturated carbocycles. The molecule has 0 bridgehead atoms. The Hall–Kier alpha value is -1.70. The first-order valence-electron chi connectivity index (χ1n) is 7.90. The summed E-state index contributed by atoms with van der Waals surface area (Å²) < 4.78 is 1.52. The molecule has 0 radical (unpaired) electrons. The van der Waals surface area contributed by atoms with E-state index in [9.17, 15) is 4.79 Å². The Morgan fingerprint density at radius 2 is 2.00 bits per heavy atom. The van der Waals surface area contributed by atoms with Crippen LogP contribution in [0.15, 0.2) is 18.3 Å². The lowest BCUT2D eigenvalue weighted by Gasteiger charge is -2.33. The molecule has 0 atom stereocenters. The topological polar surface area (TPSA) is 65.8 Å². The van der Waals surface area contributed by atoms with Gasteiger partial charge in [-0.2, -0.15) is 5.10 Å². The van der Waals surface area contributed by atoms with Gasteiger partial charge in [-0.05, 0) is 18.7 Å². The van der Waals surface area contributed by atoms with E-state index in [0.717, 1.165) is 39.3 Å². The summed E-state index contributed by atoms with van der Waals surface area (Å²) in [5.74, 6) is -0.182. The van der Waals surface area contributed by atoms with Gasteiger partial charge in [0.1, 0.15) is 10.8 Å². The molecule has 1 aliphatic heterocycles. The third kappa shape index (κ3) is 3.99. The number of hydrogen-bond acceptors (Lipinski definition) is 5. The van der Waals surface area contributed by atoms with Crippen LogP contribution in [0.25, 0.3) is 5.65 Å². The summed E-state index contributed by atoms with van der Waals surface area (Å²) >= 11 is 5.83. The highest BCUT2D eigenvalue weighted by atomic mass is 35.5. The van der Waals surface area contributed by atoms with Crippen LogP contribution < -0.4 is 5.32 Å². The highest BCUT2D eigenvalue weighted by molar-refractivity contribution is 6.29. The second kappa shape index (κ2) is 7.25. The van der Waals surface area contributed by atoms with E-state index in [2.05, 4.69) is 32.1 Å². The van der Waals surface area contributed by atoms with Gasteiger partial charge in [0.25, 0.3) is 5.91 Å². The first kappa shape index (κ1) is 16.2. The van der Waals surface area contributed by atoms with Crippen LogP contribution in [0.1, 0.15) is 17.4 Å². The summed E-state index contributed by atoms with van der Waals surface area (Å²) in [6.45, 7) is 9.09. The molecule has 7 nitrogen and oxygen atoms in total. The van der Waals surface area contributed by atoms with Crippen molar-refractivity contribution in [2.45, 2.75) is 6.92 Å². The van der Waals surface area contributed by atoms with Crippen molar-refractivity contribution in [3.05, 3.63) is 29.2 Å². The van der Waals surface area contributed by atoms with Crippen LogP contribution in [0, 0.1) is 0 Å². The van der Waals surface area contributed by atoms with Crippen LogP contribution in [-0.4, -0.2) is 76.1 Å². The third-order valence-electron chi connectivity index (χ3n) is 4.15. The van der Waals surface area contributed by atoms with E-state index in [1.807, 2.05) is 0 Å². The predicted octanol–water partition coefficient (Wildman–Crippen LogP) is 0.750. The van der Waals surface area contributed by atoms with Crippen molar-refractivity contribution in [3.63, 3.8) is 0 Å². The highest BCUT2D eigenvalue weighted by Crippen LogP contribution is 2.08. The number of nitrogens with one attached hydrogen (secondary N) is 1. The monoisotopic (exact) mass is 336 g/mol. The van der Waals surface area contributed by atoms with Gasteiger partial charge >= 0.3 is 0 Å². The van der Waals surface area contributed by atoms with Crippen molar-refractivity contribution in [3.8, 4) is 0 Å². The minimum Gasteiger partial charge on any atom is -0.349 e. The van der Waals surface area contributed by atoms with Gasteiger partial charge in [-0.1, -0.05) is 18.5 Å². The summed E-state index contributed by atoms with van der Waals surface area (Å²) in [5, 5.41) is 7.36. The number of carbonyl (C=O) groups excluding carboxylic acids is 1. The molecule has 8 heteroatoms. The zero-order valence-corrected chi connectivity index (χ0v) is 14.0. The van der Waals surface area contributed by atoms with E-state index >= 15 is 0 Å². The fourth-order valence-corrected chi connectivity index (χ4v) is 2.86. The first-order valence-corrected chi connectivity index (χ1v) is 8.28. The number of carbonyl (C=O) groups is 1. The zero-order valence-electron chi connectivity index (χ0n) is 13.2. The van der Waals surface area contributed by atoms with Crippen molar-refractivity contribution >= 4 is 23.2 Å². The molecule has 0 aromatic carbocycles. The molecule has 1 amide bonds. The molecule has 2 aromatic rings. The largest absolute Gasteiger partial charge is 0.349 e. The standard InChI is InChI=1S/C15H21ClN6O/c1-2-20-7-9-21(10-8-20)6-5-17-15(23)12-11-22-14(18-12)4-3-13(16)19-22/h3-4,11H,2,5-10H2,1H3,(H,17,23). The van der Waals surface area contributed by atoms with Gasteiger partial charge in [-0.3, -0.25) is 9.69 Å². The minimum atomic E-state index is -0.182. The molecule has 0 unspecified atom stereocenters. The van der Waals surface area contributed by atoms with Gasteiger partial charge in [0, 0.05) is 39.3 Å². The number of halogens is 1. The summed E-state index contributed by atoms with van der Waals surface area (Å²) in [5.41, 5.74) is 0.964. The average molecular weight is 337 g/mol. The third-order valence-corrected chi connectivity index (χ3v) is 4.35. The maximum absolute atomic E-state index is 12.2. The molecule has 1 saturated heterocycles. The Morgan fingerprint density at radius 3 is 2.74 bits per heavy atom. The highest BCUT2D eigenvalue weighted by Gasteiger charge is 2.16. The fourth-order valence-electron chi connectivity index (χ4n) is 2.72. The van der Waals surface area contributed by atoms with E-state index in [-0.39, 0.29) is 5.91 Å². The molecular weight excluding hydrogens is 316 g/mol. The van der Waals surface area contributed by atoms with Crippen molar-refractivity contribution in [2.24, 2.45) is 0 Å². The van der Waals surface area contributed by atoms with Crippen LogP contribution in [0.5, 0.6) is 0 Å². The number of imidazole rings is 1. The quantitative estimate of drug-likeness (QED) is 0.873. The maximum atomic E-state index is 12.2. The van der Waals surface area contributed by atoms with Gasteiger partial charge < -0.3 is 10.2 Å². The Morgan fingerprint density at radius 1 is 1.26 bits per heavy atom. The molecule has 1 aliphatic rings. The number of nitrogens with zero attached hydrogens (tertiary/aromatic N) is 5. The SMILES string of the molecule is CCN1CCN(CCNC(=O)c2cn3nc(Cl)ccc3n2)CC1. The molecule has 2 aromatic heterocycles. The van der Waals surface area contributed by atoms with E-state index in [0.29, 0.717) is 23.0 Å². The van der Waals surface area contributed by atoms with E-state index in [1.54, 1.807) is 18.3 Å². The van der Waals surface area contributed by atoms with Crippen LogP contribution in [0.3, 0.4) is 0 Å². The molecule has 0 spiro atoms. The Bertz CT molecular complexity index is 680. The summed E-state index contributed by atoms with van der Waals surface area (Å²) in [6.07, 6.45) is 1.59. The minimum absolute atomic E-state index is 0.182. The van der Waals surface area contributed by atoms with Gasteiger partial charge in [0.05, 0.1) is 6.20 Å². The van der Waals surface area contributed by atoms with E-state index in [4.69, 9.17) is 11.6 Å². The van der Waals surface area contributed by atoms with Crippen molar-refractivity contribution in [1.29, 1.82) is 0 Å². The predicted molar refractivity (Wildman–Crippen MR) is 88.9 cm³/mol. The van der Waals surface area contributed by atoms with Crippen molar-refractivity contribution in [2.75, 3.05) is 45.8 Å². The van der Waals surface area contributed by atoms with Gasteiger partial charge in [0.15, 0.2) is 5.65 Å². The fraction of sp³-hybridized carbons (Fsp3) is 0.533. The molecule has 1 fully saturated rings. The smallest absolute Gasteiger partial charge is 0.271 e. The van der Waals surface area contributed by atoms with Gasteiger partial charge in [-0.15, -0.1) is 0 Å². The Labute approximate surface area is 140 Å². The molecule has 124 valence electrons. The first-order chi connectivity index (χ1) is 11.2. The van der Waals surface area contributed by atoms with Crippen molar-refractivity contribution < 1.29 is 4.79 Å². The van der Waals surface area contributed by atoms with Crippen LogP contribution in [0.4, 0.5) is 0 Å². The second-order valence-corrected chi connectivity index (χ2v) is 6.00. The Balaban J connectivity index is 1.49. The summed E-state index contributed by atoms with van der Waals surface area (Å²) in [7, 11) is 0. The normalized spacial score (nSPS) is 16.8. The molecular formula is C15H21ClN6O. The van der Waals surface area contributed by atoms with E-state index < -0.39 is 0 Å². The van der Waals surface area contributed by atoms with Crippen LogP contribution in [-0.2, 0) is 0 Å². The van der Waals surface area contributed by atoms with Crippen LogP contribution >= 0.6 is 11.6 Å². The number of amides is 1.